The third kappa shape index (κ3) is 6.68. The molecule has 0 amide bonds. The molecule has 20 heavy (non-hydrogen) atoms. The van der Waals surface area contributed by atoms with E-state index < -0.39 is 11.7 Å². The van der Waals surface area contributed by atoms with Crippen molar-refractivity contribution in [2.45, 2.75) is 0 Å². The van der Waals surface area contributed by atoms with Crippen molar-refractivity contribution >= 4 is 67.3 Å². The van der Waals surface area contributed by atoms with E-state index in [9.17, 15) is 9.13 Å². The molecule has 2 aromatic rings. The molecular formula is C12H10Cl4O2P2. The SMILES string of the molecule is O=P(Cl)(Cl)c1ccccc1.O=P(Cl)(Cl)c1ccccc1. The molecule has 0 bridgehead atoms. The molecule has 8 heteroatoms. The highest BCUT2D eigenvalue weighted by Crippen LogP contribution is 2.55. The van der Waals surface area contributed by atoms with Gasteiger partial charge in [-0.3, -0.25) is 9.13 Å². The van der Waals surface area contributed by atoms with Crippen LogP contribution in [0.2, 0.25) is 0 Å². The fourth-order valence-electron chi connectivity index (χ4n) is 1.20. The monoisotopic (exact) mass is 388 g/mol. The van der Waals surface area contributed by atoms with Crippen LogP contribution in [-0.4, -0.2) is 0 Å². The minimum absolute atomic E-state index is 0.485. The standard InChI is InChI=1S/2C6H5Cl2OP/c2*7-10(8,9)6-4-2-1-3-5-6/h2*1-5H. The molecule has 2 aromatic carbocycles. The van der Waals surface area contributed by atoms with E-state index in [1.807, 2.05) is 12.1 Å². The second kappa shape index (κ2) is 7.90. The lowest BCUT2D eigenvalue weighted by Gasteiger charge is -1.98. The highest BCUT2D eigenvalue weighted by molar-refractivity contribution is 8.13. The second-order valence-electron chi connectivity index (χ2n) is 3.60. The molecule has 0 radical (unpaired) electrons. The molecule has 0 N–H and O–H groups in total. The Morgan fingerprint density at radius 3 is 0.950 bits per heavy atom. The van der Waals surface area contributed by atoms with Gasteiger partial charge in [-0.1, -0.05) is 36.4 Å². The molecule has 0 spiro atoms. The highest BCUT2D eigenvalue weighted by Gasteiger charge is 2.16. The lowest BCUT2D eigenvalue weighted by atomic mass is 10.4. The van der Waals surface area contributed by atoms with Crippen molar-refractivity contribution in [3.8, 4) is 0 Å². The van der Waals surface area contributed by atoms with Crippen LogP contribution >= 0.6 is 56.7 Å². The topological polar surface area (TPSA) is 34.1 Å². The van der Waals surface area contributed by atoms with Crippen LogP contribution < -0.4 is 10.6 Å². The first-order chi connectivity index (χ1) is 9.21. The average Bonchev–Trinajstić information content (AvgIpc) is 2.40. The number of hydrogen-bond acceptors (Lipinski definition) is 2. The Morgan fingerprint density at radius 2 is 0.800 bits per heavy atom. The number of hydrogen-bond donors (Lipinski definition) is 0. The molecule has 0 atom stereocenters. The Labute approximate surface area is 136 Å². The van der Waals surface area contributed by atoms with Crippen LogP contribution in [0.5, 0.6) is 0 Å². The van der Waals surface area contributed by atoms with Gasteiger partial charge in [-0.25, -0.2) is 0 Å². The third-order valence-electron chi connectivity index (χ3n) is 2.11. The lowest BCUT2D eigenvalue weighted by molar-refractivity contribution is 0.596. The summed E-state index contributed by atoms with van der Waals surface area (Å²) in [5, 5.41) is 0.969. The summed E-state index contributed by atoms with van der Waals surface area (Å²) in [7, 11) is 0. The maximum atomic E-state index is 10.9. The summed E-state index contributed by atoms with van der Waals surface area (Å²) in [5.74, 6) is -6.15. The van der Waals surface area contributed by atoms with Crippen LogP contribution in [0.4, 0.5) is 0 Å². The molecule has 108 valence electrons. The summed E-state index contributed by atoms with van der Waals surface area (Å²) in [6.45, 7) is 0. The fourth-order valence-corrected chi connectivity index (χ4v) is 3.59. The van der Waals surface area contributed by atoms with Crippen molar-refractivity contribution < 1.29 is 9.13 Å². The van der Waals surface area contributed by atoms with E-state index in [0.717, 1.165) is 0 Å². The molecule has 2 rings (SSSR count). The van der Waals surface area contributed by atoms with E-state index in [-0.39, 0.29) is 0 Å². The number of halogens is 4. The van der Waals surface area contributed by atoms with E-state index in [1.165, 1.54) is 0 Å². The van der Waals surface area contributed by atoms with Crippen molar-refractivity contribution in [1.82, 2.24) is 0 Å². The predicted molar refractivity (Wildman–Crippen MR) is 90.8 cm³/mol. The van der Waals surface area contributed by atoms with E-state index in [1.54, 1.807) is 48.5 Å². The maximum Gasteiger partial charge on any atom is 0.281 e. The van der Waals surface area contributed by atoms with Crippen LogP contribution in [0.3, 0.4) is 0 Å². The van der Waals surface area contributed by atoms with Gasteiger partial charge in [0.1, 0.15) is 0 Å². The van der Waals surface area contributed by atoms with Crippen molar-refractivity contribution in [2.75, 3.05) is 0 Å². The molecule has 0 unspecified atom stereocenters. The van der Waals surface area contributed by atoms with E-state index in [4.69, 9.17) is 45.0 Å². The molecule has 0 fully saturated rings. The van der Waals surface area contributed by atoms with E-state index in [0.29, 0.717) is 10.6 Å². The van der Waals surface area contributed by atoms with Crippen molar-refractivity contribution in [3.05, 3.63) is 60.7 Å². The normalized spacial score (nSPS) is 11.4. The summed E-state index contributed by atoms with van der Waals surface area (Å²) in [6.07, 6.45) is 0. The Bertz CT molecular complexity index is 565. The average molecular weight is 390 g/mol. The van der Waals surface area contributed by atoms with Crippen LogP contribution in [-0.2, 0) is 9.13 Å². The van der Waals surface area contributed by atoms with Gasteiger partial charge in [0.2, 0.25) is 0 Å². The van der Waals surface area contributed by atoms with Gasteiger partial charge in [-0.15, -0.1) is 0 Å². The van der Waals surface area contributed by atoms with Crippen molar-refractivity contribution in [3.63, 3.8) is 0 Å². The molecular weight excluding hydrogens is 380 g/mol. The van der Waals surface area contributed by atoms with Crippen LogP contribution in [0.25, 0.3) is 0 Å². The summed E-state index contributed by atoms with van der Waals surface area (Å²) < 4.78 is 21.9. The number of benzene rings is 2. The molecule has 0 saturated carbocycles. The Kier molecular flexibility index (Phi) is 7.15. The first-order valence-corrected chi connectivity index (χ1v) is 12.3. The Balaban J connectivity index is 0.000000200. The molecule has 0 heterocycles. The minimum atomic E-state index is -3.07. The summed E-state index contributed by atoms with van der Waals surface area (Å²) in [5.41, 5.74) is 0. The summed E-state index contributed by atoms with van der Waals surface area (Å²) in [6, 6.07) is 17.2. The van der Waals surface area contributed by atoms with Gasteiger partial charge in [0, 0.05) is 10.6 Å². The quantitative estimate of drug-likeness (QED) is 0.593. The zero-order valence-electron chi connectivity index (χ0n) is 10.00. The fraction of sp³-hybridized carbons (Fsp3) is 0. The zero-order chi connectivity index (χ0) is 15.2. The minimum Gasteiger partial charge on any atom is -0.284 e. The molecule has 0 aromatic heterocycles. The lowest BCUT2D eigenvalue weighted by Crippen LogP contribution is -1.93. The van der Waals surface area contributed by atoms with Crippen LogP contribution in [0.1, 0.15) is 0 Å². The Morgan fingerprint density at radius 1 is 0.550 bits per heavy atom. The van der Waals surface area contributed by atoms with Gasteiger partial charge < -0.3 is 0 Å². The third-order valence-corrected chi connectivity index (χ3v) is 6.25. The Hall–Kier alpha value is 0.0600. The predicted octanol–water partition coefficient (Wildman–Crippen LogP) is 5.97. The van der Waals surface area contributed by atoms with Crippen LogP contribution in [0.15, 0.2) is 60.7 Å². The molecule has 0 aliphatic carbocycles. The summed E-state index contributed by atoms with van der Waals surface area (Å²) >= 11 is 21.5. The molecule has 2 nitrogen and oxygen atoms in total. The van der Waals surface area contributed by atoms with Gasteiger partial charge in [0.25, 0.3) is 11.7 Å². The van der Waals surface area contributed by atoms with Gasteiger partial charge in [-0.2, -0.15) is 0 Å². The maximum absolute atomic E-state index is 10.9. The van der Waals surface area contributed by atoms with Gasteiger partial charge in [-0.05, 0) is 69.2 Å². The number of rotatable bonds is 2. The molecule has 0 aliphatic heterocycles. The molecule has 0 aliphatic rings. The van der Waals surface area contributed by atoms with Gasteiger partial charge in [0.15, 0.2) is 0 Å². The summed E-state index contributed by atoms with van der Waals surface area (Å²) in [4.78, 5) is 0. The second-order valence-corrected chi connectivity index (χ2v) is 13.2. The van der Waals surface area contributed by atoms with Gasteiger partial charge >= 0.3 is 0 Å². The first-order valence-electron chi connectivity index (χ1n) is 5.31. The van der Waals surface area contributed by atoms with Crippen LogP contribution in [0, 0.1) is 0 Å². The van der Waals surface area contributed by atoms with E-state index in [2.05, 4.69) is 0 Å². The molecule has 0 saturated heterocycles. The van der Waals surface area contributed by atoms with Crippen molar-refractivity contribution in [1.29, 1.82) is 0 Å². The zero-order valence-corrected chi connectivity index (χ0v) is 14.8. The highest BCUT2D eigenvalue weighted by atomic mass is 35.9. The smallest absolute Gasteiger partial charge is 0.281 e. The largest absolute Gasteiger partial charge is 0.284 e. The first kappa shape index (κ1) is 18.1. The van der Waals surface area contributed by atoms with E-state index >= 15 is 0 Å². The van der Waals surface area contributed by atoms with Crippen molar-refractivity contribution in [2.24, 2.45) is 0 Å². The van der Waals surface area contributed by atoms with Gasteiger partial charge in [0.05, 0.1) is 0 Å².